The van der Waals surface area contributed by atoms with Crippen LogP contribution in [0.15, 0.2) is 18.2 Å². The van der Waals surface area contributed by atoms with E-state index in [4.69, 9.17) is 10.5 Å². The molecule has 0 saturated carbocycles. The van der Waals surface area contributed by atoms with Crippen molar-refractivity contribution in [2.24, 2.45) is 5.73 Å². The summed E-state index contributed by atoms with van der Waals surface area (Å²) in [7, 11) is 0. The predicted octanol–water partition coefficient (Wildman–Crippen LogP) is 1.56. The van der Waals surface area contributed by atoms with Crippen molar-refractivity contribution in [1.82, 2.24) is 0 Å². The molecule has 0 aromatic heterocycles. The lowest BCUT2D eigenvalue weighted by Crippen LogP contribution is -2.31. The Balaban J connectivity index is 2.91. The first-order valence-corrected chi connectivity index (χ1v) is 4.54. The van der Waals surface area contributed by atoms with Crippen molar-refractivity contribution in [1.29, 1.82) is 0 Å². The highest BCUT2D eigenvalue weighted by Gasteiger charge is 2.12. The van der Waals surface area contributed by atoms with Crippen LogP contribution in [0.1, 0.15) is 18.1 Å². The van der Waals surface area contributed by atoms with Crippen LogP contribution in [-0.2, 0) is 4.79 Å². The van der Waals surface area contributed by atoms with Gasteiger partial charge in [0.25, 0.3) is 5.91 Å². The van der Waals surface area contributed by atoms with Crippen LogP contribution < -0.4 is 10.5 Å². The summed E-state index contributed by atoms with van der Waals surface area (Å²) in [5.74, 6) is 0.298. The van der Waals surface area contributed by atoms with Crippen molar-refractivity contribution >= 4 is 5.91 Å². The summed E-state index contributed by atoms with van der Waals surface area (Å²) in [5.41, 5.74) is 7.14. The Morgan fingerprint density at radius 3 is 2.29 bits per heavy atom. The van der Waals surface area contributed by atoms with Gasteiger partial charge < -0.3 is 10.5 Å². The van der Waals surface area contributed by atoms with E-state index in [-0.39, 0.29) is 0 Å². The van der Waals surface area contributed by atoms with Gasteiger partial charge in [-0.3, -0.25) is 4.79 Å². The maximum atomic E-state index is 10.8. The van der Waals surface area contributed by atoms with Crippen molar-refractivity contribution < 1.29 is 9.53 Å². The Hall–Kier alpha value is -1.51. The fourth-order valence-electron chi connectivity index (χ4n) is 1.22. The fourth-order valence-corrected chi connectivity index (χ4v) is 1.22. The molecule has 14 heavy (non-hydrogen) atoms. The topological polar surface area (TPSA) is 52.3 Å². The summed E-state index contributed by atoms with van der Waals surface area (Å²) >= 11 is 0. The smallest absolute Gasteiger partial charge is 0.258 e. The minimum absolute atomic E-state index is 0.451. The molecule has 76 valence electrons. The molecular formula is C11H15NO2. The molecule has 0 fully saturated rings. The number of amides is 1. The van der Waals surface area contributed by atoms with Gasteiger partial charge in [0.1, 0.15) is 5.75 Å². The lowest BCUT2D eigenvalue weighted by atomic mass is 10.1. The van der Waals surface area contributed by atoms with Gasteiger partial charge in [-0.2, -0.15) is 0 Å². The second-order valence-corrected chi connectivity index (χ2v) is 3.38. The van der Waals surface area contributed by atoms with Crippen molar-refractivity contribution in [3.05, 3.63) is 29.3 Å². The molecule has 3 heteroatoms. The molecule has 0 heterocycles. The second-order valence-electron chi connectivity index (χ2n) is 3.38. The molecule has 0 radical (unpaired) electrons. The lowest BCUT2D eigenvalue weighted by Gasteiger charge is -2.15. The minimum Gasteiger partial charge on any atom is -0.480 e. The van der Waals surface area contributed by atoms with E-state index < -0.39 is 12.0 Å². The van der Waals surface area contributed by atoms with Gasteiger partial charge in [0.15, 0.2) is 6.10 Å². The zero-order valence-corrected chi connectivity index (χ0v) is 8.70. The monoisotopic (exact) mass is 193 g/mol. The molecular weight excluding hydrogens is 178 g/mol. The first-order valence-electron chi connectivity index (χ1n) is 4.54. The molecule has 0 aliphatic heterocycles. The molecule has 0 aliphatic rings. The van der Waals surface area contributed by atoms with Gasteiger partial charge in [0, 0.05) is 0 Å². The number of ether oxygens (including phenoxy) is 1. The van der Waals surface area contributed by atoms with Gasteiger partial charge in [-0.1, -0.05) is 18.2 Å². The zero-order valence-electron chi connectivity index (χ0n) is 8.70. The van der Waals surface area contributed by atoms with Gasteiger partial charge >= 0.3 is 0 Å². The van der Waals surface area contributed by atoms with Gasteiger partial charge in [0.2, 0.25) is 0 Å². The second kappa shape index (κ2) is 4.13. The highest BCUT2D eigenvalue weighted by Crippen LogP contribution is 2.23. The molecule has 0 spiro atoms. The summed E-state index contributed by atoms with van der Waals surface area (Å²) in [4.78, 5) is 10.8. The van der Waals surface area contributed by atoms with E-state index in [9.17, 15) is 4.79 Å². The normalized spacial score (nSPS) is 12.2. The number of primary amides is 1. The van der Waals surface area contributed by atoms with Gasteiger partial charge in [-0.25, -0.2) is 0 Å². The molecule has 0 aliphatic carbocycles. The standard InChI is InChI=1S/C11H15NO2/c1-7-5-4-6-8(2)10(7)14-9(3)11(12)13/h4-6,9H,1-3H3,(H2,12,13)/t9-/m1/s1. The van der Waals surface area contributed by atoms with Gasteiger partial charge in [0.05, 0.1) is 0 Å². The maximum Gasteiger partial charge on any atom is 0.258 e. The van der Waals surface area contributed by atoms with E-state index in [1.807, 2.05) is 32.0 Å². The van der Waals surface area contributed by atoms with Crippen LogP contribution in [0.25, 0.3) is 0 Å². The molecule has 0 unspecified atom stereocenters. The third-order valence-electron chi connectivity index (χ3n) is 2.10. The summed E-state index contributed by atoms with van der Waals surface area (Å²) in [6.45, 7) is 5.53. The van der Waals surface area contributed by atoms with Crippen molar-refractivity contribution in [3.63, 3.8) is 0 Å². The Labute approximate surface area is 83.9 Å². The maximum absolute atomic E-state index is 10.8. The van der Waals surface area contributed by atoms with Crippen LogP contribution in [0.5, 0.6) is 5.75 Å². The number of carbonyl (C=O) groups excluding carboxylic acids is 1. The fraction of sp³-hybridized carbons (Fsp3) is 0.364. The number of para-hydroxylation sites is 1. The van der Waals surface area contributed by atoms with E-state index in [1.165, 1.54) is 0 Å². The highest BCUT2D eigenvalue weighted by molar-refractivity contribution is 5.78. The van der Waals surface area contributed by atoms with E-state index in [1.54, 1.807) is 6.92 Å². The molecule has 0 saturated heterocycles. The first-order chi connectivity index (χ1) is 6.52. The van der Waals surface area contributed by atoms with E-state index in [0.29, 0.717) is 0 Å². The Morgan fingerprint density at radius 2 is 1.86 bits per heavy atom. The number of aryl methyl sites for hydroxylation is 2. The lowest BCUT2D eigenvalue weighted by molar-refractivity contribution is -0.124. The number of hydrogen-bond acceptors (Lipinski definition) is 2. The highest BCUT2D eigenvalue weighted by atomic mass is 16.5. The molecule has 1 aromatic carbocycles. The number of carbonyl (C=O) groups is 1. The third-order valence-corrected chi connectivity index (χ3v) is 2.10. The quantitative estimate of drug-likeness (QED) is 0.792. The predicted molar refractivity (Wildman–Crippen MR) is 55.2 cm³/mol. The number of rotatable bonds is 3. The summed E-state index contributed by atoms with van der Waals surface area (Å²) in [6, 6.07) is 5.83. The molecule has 3 nitrogen and oxygen atoms in total. The molecule has 1 aromatic rings. The van der Waals surface area contributed by atoms with Crippen LogP contribution in [0.4, 0.5) is 0 Å². The number of hydrogen-bond donors (Lipinski definition) is 1. The average molecular weight is 193 g/mol. The molecule has 1 amide bonds. The van der Waals surface area contributed by atoms with Gasteiger partial charge in [-0.05, 0) is 31.9 Å². The van der Waals surface area contributed by atoms with E-state index >= 15 is 0 Å². The molecule has 0 bridgehead atoms. The minimum atomic E-state index is -0.588. The average Bonchev–Trinajstić information content (AvgIpc) is 2.11. The molecule has 2 N–H and O–H groups in total. The Morgan fingerprint density at radius 1 is 1.36 bits per heavy atom. The third kappa shape index (κ3) is 2.25. The SMILES string of the molecule is Cc1cccc(C)c1O[C@H](C)C(N)=O. The summed E-state index contributed by atoms with van der Waals surface area (Å²) in [6.07, 6.45) is -0.588. The van der Waals surface area contributed by atoms with E-state index in [0.717, 1.165) is 16.9 Å². The molecule has 1 atom stereocenters. The number of nitrogens with two attached hydrogens (primary N) is 1. The summed E-state index contributed by atoms with van der Waals surface area (Å²) in [5, 5.41) is 0. The number of benzene rings is 1. The van der Waals surface area contributed by atoms with Crippen molar-refractivity contribution in [2.45, 2.75) is 26.9 Å². The zero-order chi connectivity index (χ0) is 10.7. The van der Waals surface area contributed by atoms with Crippen LogP contribution in [0.2, 0.25) is 0 Å². The van der Waals surface area contributed by atoms with Crippen LogP contribution in [0, 0.1) is 13.8 Å². The van der Waals surface area contributed by atoms with E-state index in [2.05, 4.69) is 0 Å². The van der Waals surface area contributed by atoms with Crippen LogP contribution in [0.3, 0.4) is 0 Å². The Kier molecular flexibility index (Phi) is 3.12. The van der Waals surface area contributed by atoms with Crippen molar-refractivity contribution in [2.75, 3.05) is 0 Å². The van der Waals surface area contributed by atoms with Crippen LogP contribution >= 0.6 is 0 Å². The van der Waals surface area contributed by atoms with Gasteiger partial charge in [-0.15, -0.1) is 0 Å². The Bertz CT molecular complexity index is 327. The van der Waals surface area contributed by atoms with Crippen molar-refractivity contribution in [3.8, 4) is 5.75 Å². The largest absolute Gasteiger partial charge is 0.480 e. The molecule has 1 rings (SSSR count). The van der Waals surface area contributed by atoms with Crippen LogP contribution in [-0.4, -0.2) is 12.0 Å². The first kappa shape index (κ1) is 10.6. The summed E-state index contributed by atoms with van der Waals surface area (Å²) < 4.78 is 5.46.